The fraction of sp³-hybridized carbons (Fsp3) is 0.471. The van der Waals surface area contributed by atoms with E-state index in [2.05, 4.69) is 15.2 Å². The third-order valence-electron chi connectivity index (χ3n) is 4.14. The van der Waals surface area contributed by atoms with Crippen LogP contribution in [0.25, 0.3) is 10.9 Å². The monoisotopic (exact) mass is 314 g/mol. The zero-order valence-corrected chi connectivity index (χ0v) is 13.8. The molecule has 0 atom stereocenters. The molecule has 1 aromatic heterocycles. The summed E-state index contributed by atoms with van der Waals surface area (Å²) in [6.45, 7) is 6.21. The van der Waals surface area contributed by atoms with Crippen molar-refractivity contribution in [2.45, 2.75) is 32.9 Å². The molecule has 2 heterocycles. The topological polar surface area (TPSA) is 67.2 Å². The van der Waals surface area contributed by atoms with E-state index in [0.717, 1.165) is 25.3 Å². The molecule has 0 saturated heterocycles. The lowest BCUT2D eigenvalue weighted by Crippen LogP contribution is -2.30. The first-order valence-electron chi connectivity index (χ1n) is 7.98. The second kappa shape index (κ2) is 6.12. The van der Waals surface area contributed by atoms with Crippen molar-refractivity contribution in [1.82, 2.24) is 19.8 Å². The van der Waals surface area contributed by atoms with Crippen LogP contribution in [0.4, 0.5) is 0 Å². The number of fused-ring (bicyclic) bond motifs is 2. The molecule has 1 aliphatic heterocycles. The van der Waals surface area contributed by atoms with Gasteiger partial charge in [0, 0.05) is 37.7 Å². The zero-order valence-electron chi connectivity index (χ0n) is 13.8. The molecular formula is C17H22N4O2. The van der Waals surface area contributed by atoms with E-state index < -0.39 is 0 Å². The summed E-state index contributed by atoms with van der Waals surface area (Å²) in [7, 11) is 2.05. The van der Waals surface area contributed by atoms with Gasteiger partial charge in [0.1, 0.15) is 5.82 Å². The smallest absolute Gasteiger partial charge is 0.261 e. The summed E-state index contributed by atoms with van der Waals surface area (Å²) in [5.74, 6) is 0.659. The van der Waals surface area contributed by atoms with Gasteiger partial charge >= 0.3 is 0 Å². The second-order valence-electron chi connectivity index (χ2n) is 6.40. The maximum atomic E-state index is 12.7. The molecule has 0 bridgehead atoms. The highest BCUT2D eigenvalue weighted by Crippen LogP contribution is 2.14. The van der Waals surface area contributed by atoms with E-state index in [9.17, 15) is 9.59 Å². The SMILES string of the molecule is CC(C)NC(=O)c1ccc2c(=O)n3c(nc2c1)CCN(C)CC3. The van der Waals surface area contributed by atoms with Crippen LogP contribution in [0.3, 0.4) is 0 Å². The lowest BCUT2D eigenvalue weighted by Gasteiger charge is -2.12. The Hall–Kier alpha value is -2.21. The summed E-state index contributed by atoms with van der Waals surface area (Å²) >= 11 is 0. The molecule has 0 spiro atoms. The Morgan fingerprint density at radius 2 is 2.04 bits per heavy atom. The van der Waals surface area contributed by atoms with Gasteiger partial charge in [-0.3, -0.25) is 14.2 Å². The van der Waals surface area contributed by atoms with E-state index in [0.29, 0.717) is 23.0 Å². The highest BCUT2D eigenvalue weighted by Gasteiger charge is 2.17. The van der Waals surface area contributed by atoms with E-state index >= 15 is 0 Å². The fourth-order valence-corrected chi connectivity index (χ4v) is 2.85. The Morgan fingerprint density at radius 3 is 2.78 bits per heavy atom. The van der Waals surface area contributed by atoms with Crippen LogP contribution in [-0.2, 0) is 13.0 Å². The zero-order chi connectivity index (χ0) is 16.6. The summed E-state index contributed by atoms with van der Waals surface area (Å²) < 4.78 is 1.76. The summed E-state index contributed by atoms with van der Waals surface area (Å²) in [6.07, 6.45) is 0.740. The quantitative estimate of drug-likeness (QED) is 0.899. The molecule has 0 fully saturated rings. The van der Waals surface area contributed by atoms with E-state index in [1.807, 2.05) is 20.9 Å². The van der Waals surface area contributed by atoms with Crippen molar-refractivity contribution in [2.24, 2.45) is 0 Å². The molecule has 6 heteroatoms. The van der Waals surface area contributed by atoms with Gasteiger partial charge in [0.05, 0.1) is 10.9 Å². The maximum Gasteiger partial charge on any atom is 0.261 e. The second-order valence-corrected chi connectivity index (χ2v) is 6.40. The molecule has 122 valence electrons. The average Bonchev–Trinajstić information content (AvgIpc) is 2.69. The number of hydrogen-bond acceptors (Lipinski definition) is 4. The van der Waals surface area contributed by atoms with Crippen LogP contribution in [0.15, 0.2) is 23.0 Å². The van der Waals surface area contributed by atoms with Gasteiger partial charge in [-0.25, -0.2) is 4.98 Å². The number of rotatable bonds is 2. The first-order valence-corrected chi connectivity index (χ1v) is 7.98. The normalized spacial score (nSPS) is 15.5. The minimum Gasteiger partial charge on any atom is -0.350 e. The van der Waals surface area contributed by atoms with Gasteiger partial charge in [-0.05, 0) is 39.1 Å². The van der Waals surface area contributed by atoms with Crippen molar-refractivity contribution in [3.63, 3.8) is 0 Å². The van der Waals surface area contributed by atoms with E-state index in [1.54, 1.807) is 22.8 Å². The third kappa shape index (κ3) is 3.12. The highest BCUT2D eigenvalue weighted by atomic mass is 16.1. The van der Waals surface area contributed by atoms with Gasteiger partial charge in [0.25, 0.3) is 11.5 Å². The van der Waals surface area contributed by atoms with Crippen LogP contribution in [-0.4, -0.2) is 46.5 Å². The third-order valence-corrected chi connectivity index (χ3v) is 4.14. The minimum atomic E-state index is -0.140. The number of amides is 1. The molecule has 0 unspecified atom stereocenters. The van der Waals surface area contributed by atoms with Gasteiger partial charge in [-0.1, -0.05) is 0 Å². The van der Waals surface area contributed by atoms with Gasteiger partial charge < -0.3 is 10.2 Å². The minimum absolute atomic E-state index is 0.0175. The molecule has 1 aromatic carbocycles. The van der Waals surface area contributed by atoms with Crippen molar-refractivity contribution < 1.29 is 4.79 Å². The highest BCUT2D eigenvalue weighted by molar-refractivity contribution is 5.97. The molecule has 1 N–H and O–H groups in total. The van der Waals surface area contributed by atoms with Gasteiger partial charge in [0.2, 0.25) is 0 Å². The number of hydrogen-bond donors (Lipinski definition) is 1. The summed E-state index contributed by atoms with van der Waals surface area (Å²) in [5, 5.41) is 3.43. The Morgan fingerprint density at radius 1 is 1.26 bits per heavy atom. The Labute approximate surface area is 135 Å². The van der Waals surface area contributed by atoms with Crippen LogP contribution < -0.4 is 10.9 Å². The fourth-order valence-electron chi connectivity index (χ4n) is 2.85. The molecule has 0 radical (unpaired) electrons. The largest absolute Gasteiger partial charge is 0.350 e. The number of carbonyl (C=O) groups is 1. The number of aromatic nitrogens is 2. The van der Waals surface area contributed by atoms with Gasteiger partial charge in [-0.15, -0.1) is 0 Å². The first kappa shape index (κ1) is 15.7. The lowest BCUT2D eigenvalue weighted by atomic mass is 10.1. The molecule has 23 heavy (non-hydrogen) atoms. The van der Waals surface area contributed by atoms with Crippen molar-refractivity contribution in [2.75, 3.05) is 20.1 Å². The van der Waals surface area contributed by atoms with Gasteiger partial charge in [-0.2, -0.15) is 0 Å². The Kier molecular flexibility index (Phi) is 4.17. The van der Waals surface area contributed by atoms with Crippen molar-refractivity contribution in [1.29, 1.82) is 0 Å². The van der Waals surface area contributed by atoms with Crippen molar-refractivity contribution in [3.05, 3.63) is 39.9 Å². The summed E-state index contributed by atoms with van der Waals surface area (Å²) in [6, 6.07) is 5.18. The average molecular weight is 314 g/mol. The van der Waals surface area contributed by atoms with Crippen molar-refractivity contribution in [3.8, 4) is 0 Å². The number of nitrogens with zero attached hydrogens (tertiary/aromatic N) is 3. The predicted molar refractivity (Wildman–Crippen MR) is 89.8 cm³/mol. The standard InChI is InChI=1S/C17H22N4O2/c1-11(2)18-16(22)12-4-5-13-14(10-12)19-15-6-7-20(3)8-9-21(15)17(13)23/h4-5,10-11H,6-9H2,1-3H3,(H,18,22). The number of nitrogens with one attached hydrogen (secondary N) is 1. The van der Waals surface area contributed by atoms with E-state index in [1.165, 1.54) is 0 Å². The van der Waals surface area contributed by atoms with Gasteiger partial charge in [0.15, 0.2) is 0 Å². The van der Waals surface area contributed by atoms with Crippen LogP contribution >= 0.6 is 0 Å². The molecule has 0 saturated carbocycles. The number of benzene rings is 1. The predicted octanol–water partition coefficient (Wildman–Crippen LogP) is 1.02. The molecule has 0 aliphatic carbocycles. The van der Waals surface area contributed by atoms with E-state index in [4.69, 9.17) is 0 Å². The summed E-state index contributed by atoms with van der Waals surface area (Å²) in [5.41, 5.74) is 1.12. The maximum absolute atomic E-state index is 12.7. The van der Waals surface area contributed by atoms with Crippen LogP contribution in [0.1, 0.15) is 30.0 Å². The number of carbonyl (C=O) groups excluding carboxylic acids is 1. The summed E-state index contributed by atoms with van der Waals surface area (Å²) in [4.78, 5) is 31.7. The molecule has 3 rings (SSSR count). The number of likely N-dealkylation sites (N-methyl/N-ethyl adjacent to an activating group) is 1. The molecule has 1 amide bonds. The van der Waals surface area contributed by atoms with Crippen LogP contribution in [0.2, 0.25) is 0 Å². The molecule has 6 nitrogen and oxygen atoms in total. The molecule has 2 aromatic rings. The first-order chi connectivity index (χ1) is 11.0. The molecule has 1 aliphatic rings. The molecular weight excluding hydrogens is 292 g/mol. The van der Waals surface area contributed by atoms with Crippen molar-refractivity contribution >= 4 is 16.8 Å². The Bertz CT molecular complexity index is 810. The van der Waals surface area contributed by atoms with Crippen LogP contribution in [0, 0.1) is 0 Å². The van der Waals surface area contributed by atoms with E-state index in [-0.39, 0.29) is 17.5 Å². The lowest BCUT2D eigenvalue weighted by molar-refractivity contribution is 0.0943. The Balaban J connectivity index is 2.07. The van der Waals surface area contributed by atoms with Crippen LogP contribution in [0.5, 0.6) is 0 Å².